The molecule has 3 heterocycles. The van der Waals surface area contributed by atoms with Crippen LogP contribution in [-0.2, 0) is 9.47 Å². The van der Waals surface area contributed by atoms with Gasteiger partial charge in [0.25, 0.3) is 0 Å². The van der Waals surface area contributed by atoms with E-state index in [-0.39, 0.29) is 11.1 Å². The van der Waals surface area contributed by atoms with Crippen molar-refractivity contribution in [2.45, 2.75) is 68.3 Å². The van der Waals surface area contributed by atoms with Crippen molar-refractivity contribution in [3.8, 4) is 45.8 Å². The highest BCUT2D eigenvalue weighted by Gasteiger charge is 2.46. The number of ether oxygens (including phenoxy) is 4. The van der Waals surface area contributed by atoms with Gasteiger partial charge in [-0.2, -0.15) is 0 Å². The smallest absolute Gasteiger partial charge is 0.239 e. The third-order valence-electron chi connectivity index (χ3n) is 7.37. The van der Waals surface area contributed by atoms with Crippen LogP contribution >= 0.6 is 0 Å². The van der Waals surface area contributed by atoms with Gasteiger partial charge in [0.2, 0.25) is 29.5 Å². The van der Waals surface area contributed by atoms with Crippen LogP contribution in [0.4, 0.5) is 0 Å². The highest BCUT2D eigenvalue weighted by atomic mass is 16.7. The SMILES string of the molecule is CC1O[C@@H](Oc2c(-c3cc(O)c(O)c(O[C@@H]4OC(CO)[C@@H](O)[C@H](O)C4O)c3)oc3cc(O)cc(O)c3c2=O)[C@@H](O)C(O)[C@H]1O. The highest BCUT2D eigenvalue weighted by molar-refractivity contribution is 5.88. The zero-order chi connectivity index (χ0) is 32.2. The molecule has 0 spiro atoms. The average molecular weight is 627 g/mol. The van der Waals surface area contributed by atoms with Gasteiger partial charge in [0.15, 0.2) is 17.3 Å². The molecule has 2 aliphatic heterocycles. The van der Waals surface area contributed by atoms with Crippen LogP contribution in [0.1, 0.15) is 6.92 Å². The molecule has 10 atom stereocenters. The Hall–Kier alpha value is -3.91. The van der Waals surface area contributed by atoms with Crippen LogP contribution in [0.2, 0.25) is 0 Å². The summed E-state index contributed by atoms with van der Waals surface area (Å²) in [5, 5.41) is 112. The van der Waals surface area contributed by atoms with Crippen molar-refractivity contribution >= 4 is 11.0 Å². The first-order valence-electron chi connectivity index (χ1n) is 13.2. The van der Waals surface area contributed by atoms with Crippen LogP contribution in [0.15, 0.2) is 33.5 Å². The molecule has 17 nitrogen and oxygen atoms in total. The predicted octanol–water partition coefficient (Wildman–Crippen LogP) is -2.33. The fourth-order valence-corrected chi connectivity index (χ4v) is 4.90. The van der Waals surface area contributed by atoms with Crippen LogP contribution in [0, 0.1) is 0 Å². The van der Waals surface area contributed by atoms with Crippen LogP contribution < -0.4 is 14.9 Å². The molecule has 2 fully saturated rings. The number of benzene rings is 2. The summed E-state index contributed by atoms with van der Waals surface area (Å²) in [6, 6.07) is 3.67. The number of phenols is 4. The van der Waals surface area contributed by atoms with Gasteiger partial charge in [0.05, 0.1) is 12.7 Å². The number of hydrogen-bond donors (Lipinski definition) is 11. The number of rotatable bonds is 6. The Balaban J connectivity index is 1.63. The Morgan fingerprint density at radius 2 is 1.39 bits per heavy atom. The van der Waals surface area contributed by atoms with Gasteiger partial charge in [-0.3, -0.25) is 4.79 Å². The van der Waals surface area contributed by atoms with Gasteiger partial charge in [-0.1, -0.05) is 0 Å². The van der Waals surface area contributed by atoms with Gasteiger partial charge in [0.1, 0.15) is 65.2 Å². The van der Waals surface area contributed by atoms with Gasteiger partial charge in [0, 0.05) is 17.7 Å². The summed E-state index contributed by atoms with van der Waals surface area (Å²) in [6.45, 7) is 0.569. The second kappa shape index (κ2) is 11.9. The van der Waals surface area contributed by atoms with Gasteiger partial charge in [-0.05, 0) is 19.1 Å². The van der Waals surface area contributed by atoms with Crippen LogP contribution in [-0.4, -0.2) is 124 Å². The minimum atomic E-state index is -1.91. The molecule has 2 aromatic carbocycles. The lowest BCUT2D eigenvalue weighted by Crippen LogP contribution is -2.60. The first-order valence-corrected chi connectivity index (χ1v) is 13.2. The lowest BCUT2D eigenvalue weighted by molar-refractivity contribution is -0.277. The van der Waals surface area contributed by atoms with E-state index in [1.54, 1.807) is 0 Å². The van der Waals surface area contributed by atoms with E-state index in [0.29, 0.717) is 0 Å². The van der Waals surface area contributed by atoms with Crippen LogP contribution in [0.5, 0.6) is 34.5 Å². The summed E-state index contributed by atoms with van der Waals surface area (Å²) in [7, 11) is 0. The lowest BCUT2D eigenvalue weighted by Gasteiger charge is -2.39. The molecule has 2 aliphatic rings. The largest absolute Gasteiger partial charge is 0.508 e. The van der Waals surface area contributed by atoms with Crippen LogP contribution in [0.25, 0.3) is 22.3 Å². The Bertz CT molecular complexity index is 1590. The third kappa shape index (κ3) is 5.45. The normalized spacial score (nSPS) is 32.5. The van der Waals surface area contributed by atoms with E-state index in [9.17, 15) is 61.0 Å². The summed E-state index contributed by atoms with van der Waals surface area (Å²) >= 11 is 0. The van der Waals surface area contributed by atoms with E-state index < -0.39 is 119 Å². The quantitative estimate of drug-likeness (QED) is 0.128. The molecule has 4 unspecified atom stereocenters. The molecule has 240 valence electrons. The third-order valence-corrected chi connectivity index (χ3v) is 7.37. The monoisotopic (exact) mass is 626 g/mol. The van der Waals surface area contributed by atoms with E-state index in [1.165, 1.54) is 6.92 Å². The maximum atomic E-state index is 13.6. The van der Waals surface area contributed by atoms with Crippen molar-refractivity contribution in [1.29, 1.82) is 0 Å². The minimum absolute atomic E-state index is 0.282. The predicted molar refractivity (Wildman–Crippen MR) is 142 cm³/mol. The first-order chi connectivity index (χ1) is 20.7. The topological polar surface area (TPSA) is 290 Å². The summed E-state index contributed by atoms with van der Waals surface area (Å²) in [5.74, 6) is -4.96. The number of aliphatic hydroxyl groups is 7. The number of fused-ring (bicyclic) bond motifs is 1. The van der Waals surface area contributed by atoms with Gasteiger partial charge in [-0.15, -0.1) is 0 Å². The van der Waals surface area contributed by atoms with E-state index in [1.807, 2.05) is 0 Å². The molecule has 17 heteroatoms. The molecule has 3 aromatic rings. The van der Waals surface area contributed by atoms with Crippen molar-refractivity contribution in [3.05, 3.63) is 34.5 Å². The van der Waals surface area contributed by atoms with Crippen LogP contribution in [0.3, 0.4) is 0 Å². The number of hydrogen-bond acceptors (Lipinski definition) is 17. The molecule has 0 aliphatic carbocycles. The summed E-state index contributed by atoms with van der Waals surface area (Å²) in [5.41, 5.74) is -1.74. The van der Waals surface area contributed by atoms with Gasteiger partial charge >= 0.3 is 0 Å². The number of phenolic OH excluding ortho intramolecular Hbond substituents is 4. The molecule has 44 heavy (non-hydrogen) atoms. The standard InChI is InChI=1S/C27H30O17/c1-7-16(32)20(36)22(38)26(40-7)44-25-19(35)15-10(30)4-9(29)5-12(15)41-24(25)8-2-11(31)17(33)13(3-8)42-27-23(39)21(37)18(34)14(6-28)43-27/h2-5,7,14,16,18,20-23,26-34,36-39H,6H2,1H3/t7?,14?,16-,18+,20?,21-,22-,23?,26-,27+/m0/s1. The molecule has 5 rings (SSSR count). The zero-order valence-corrected chi connectivity index (χ0v) is 22.7. The molecular weight excluding hydrogens is 596 g/mol. The first kappa shape index (κ1) is 31.5. The minimum Gasteiger partial charge on any atom is -0.508 e. The average Bonchev–Trinajstić information content (AvgIpc) is 2.97. The van der Waals surface area contributed by atoms with E-state index >= 15 is 0 Å². The number of aliphatic hydroxyl groups excluding tert-OH is 7. The van der Waals surface area contributed by atoms with Crippen molar-refractivity contribution in [3.63, 3.8) is 0 Å². The van der Waals surface area contributed by atoms with E-state index in [0.717, 1.165) is 24.3 Å². The van der Waals surface area contributed by atoms with E-state index in [2.05, 4.69) is 0 Å². The molecule has 0 bridgehead atoms. The number of aromatic hydroxyl groups is 4. The second-order valence-electron chi connectivity index (χ2n) is 10.4. The Morgan fingerprint density at radius 3 is 2.05 bits per heavy atom. The molecular formula is C27H30O17. The van der Waals surface area contributed by atoms with Gasteiger partial charge in [-0.25, -0.2) is 0 Å². The molecule has 0 radical (unpaired) electrons. The molecule has 11 N–H and O–H groups in total. The molecule has 0 amide bonds. The summed E-state index contributed by atoms with van der Waals surface area (Å²) in [6.07, 6.45) is -16.7. The summed E-state index contributed by atoms with van der Waals surface area (Å²) < 4.78 is 27.6. The van der Waals surface area contributed by atoms with Crippen molar-refractivity contribution in [2.75, 3.05) is 6.61 Å². The lowest BCUT2D eigenvalue weighted by atomic mass is 9.99. The maximum Gasteiger partial charge on any atom is 0.239 e. The van der Waals surface area contributed by atoms with E-state index in [4.69, 9.17) is 23.4 Å². The molecule has 2 saturated heterocycles. The van der Waals surface area contributed by atoms with Crippen molar-refractivity contribution in [2.24, 2.45) is 0 Å². The second-order valence-corrected chi connectivity index (χ2v) is 10.4. The zero-order valence-electron chi connectivity index (χ0n) is 22.7. The Labute approximate surface area is 246 Å². The van der Waals surface area contributed by atoms with Crippen molar-refractivity contribution in [1.82, 2.24) is 0 Å². The van der Waals surface area contributed by atoms with Crippen molar-refractivity contribution < 1.29 is 79.5 Å². The fraction of sp³-hybridized carbons (Fsp3) is 0.444. The van der Waals surface area contributed by atoms with Gasteiger partial charge < -0.3 is 79.5 Å². The molecule has 0 saturated carbocycles. The maximum absolute atomic E-state index is 13.6. The Kier molecular flexibility index (Phi) is 8.51. The summed E-state index contributed by atoms with van der Waals surface area (Å²) in [4.78, 5) is 13.6. The Morgan fingerprint density at radius 1 is 0.750 bits per heavy atom. The molecule has 1 aromatic heterocycles. The fourth-order valence-electron chi connectivity index (χ4n) is 4.90. The highest BCUT2D eigenvalue weighted by Crippen LogP contribution is 2.44.